The van der Waals surface area contributed by atoms with E-state index in [-0.39, 0.29) is 88.0 Å². The minimum absolute atomic E-state index is 0.0368. The van der Waals surface area contributed by atoms with Gasteiger partial charge in [-0.1, -0.05) is 0 Å². The zero-order valence-electron chi connectivity index (χ0n) is 38.4. The molecule has 0 unspecified atom stereocenters. The molecule has 0 aromatic carbocycles. The maximum absolute atomic E-state index is 12.4. The summed E-state index contributed by atoms with van der Waals surface area (Å²) in [7, 11) is 0. The molecule has 6 N–H and O–H groups in total. The van der Waals surface area contributed by atoms with Crippen molar-refractivity contribution in [3.05, 3.63) is 121 Å². The molecule has 360 valence electrons. The quantitative estimate of drug-likeness (QED) is 0.0597. The lowest BCUT2D eigenvalue weighted by Gasteiger charge is -2.25. The summed E-state index contributed by atoms with van der Waals surface area (Å²) in [5.74, 6) is -6.55. The summed E-state index contributed by atoms with van der Waals surface area (Å²) in [6.45, 7) is 11.8. The summed E-state index contributed by atoms with van der Waals surface area (Å²) in [5, 5.41) is 59.8. The Bertz CT molecular complexity index is 2740. The molecule has 7 heterocycles. The molecule has 0 radical (unpaired) electrons. The summed E-state index contributed by atoms with van der Waals surface area (Å²) in [6, 6.07) is 8.85. The van der Waals surface area contributed by atoms with Gasteiger partial charge in [-0.25, -0.2) is 43.7 Å². The van der Waals surface area contributed by atoms with Crippen molar-refractivity contribution in [2.75, 3.05) is 39.3 Å². The molecule has 21 nitrogen and oxygen atoms in total. The Morgan fingerprint density at radius 3 is 0.826 bits per heavy atom. The van der Waals surface area contributed by atoms with E-state index < -0.39 is 35.8 Å². The molecule has 6 aromatic heterocycles. The third kappa shape index (κ3) is 10.4. The summed E-state index contributed by atoms with van der Waals surface area (Å²) in [6.07, 6.45) is 0. The van der Waals surface area contributed by atoms with E-state index in [1.54, 1.807) is 39.0 Å². The highest BCUT2D eigenvalue weighted by Crippen LogP contribution is 2.35. The molecule has 0 spiro atoms. The smallest absolute Gasteiger partial charge is 0.354 e. The van der Waals surface area contributed by atoms with Gasteiger partial charge in [-0.2, -0.15) is 0 Å². The number of hydrogen-bond acceptors (Lipinski definition) is 15. The molecule has 21 heteroatoms. The van der Waals surface area contributed by atoms with Crippen molar-refractivity contribution in [2.45, 2.75) is 61.2 Å². The maximum Gasteiger partial charge on any atom is 0.354 e. The predicted octanol–water partition coefficient (Wildman–Crippen LogP) is 6.51. The lowest BCUT2D eigenvalue weighted by atomic mass is 10.0. The van der Waals surface area contributed by atoms with Gasteiger partial charge in [-0.3, -0.25) is 14.7 Å². The number of furan rings is 3. The van der Waals surface area contributed by atoms with Crippen molar-refractivity contribution in [3.63, 3.8) is 0 Å². The van der Waals surface area contributed by atoms with Crippen LogP contribution in [0.2, 0.25) is 0 Å². The second kappa shape index (κ2) is 19.7. The van der Waals surface area contributed by atoms with Crippen LogP contribution in [0, 0.1) is 41.5 Å². The number of aromatic carboxylic acids is 6. The summed E-state index contributed by atoms with van der Waals surface area (Å²) >= 11 is 0. The van der Waals surface area contributed by atoms with E-state index in [0.29, 0.717) is 89.7 Å². The summed E-state index contributed by atoms with van der Waals surface area (Å²) in [4.78, 5) is 92.7. The standard InChI is InChI=1S/C48H48N6O15/c1-22-37(46(61)62)25(4)67-40(22)28-13-31(49-34(16-28)43(55)56)19-52-7-9-53(20-32-14-29(17-35(50-32)44(57)58)41-23(2)38(47(63)64)26(5)68-41)11-12-54(10-8-52)21-33-15-30(18-36(51-33)45(59)60)42-24(3)39(48(65)66)27(6)69-42/h13-18H,7-12,19-21H2,1-6H3,(H,55,56)(H,57,58)(H,59,60)(H,61,62)(H,63,64)(H,65,66)/i7+1. The molecule has 1 fully saturated rings. The minimum atomic E-state index is -1.32. The monoisotopic (exact) mass is 949 g/mol. The maximum atomic E-state index is 12.4. The van der Waals surface area contributed by atoms with Gasteiger partial charge in [0.2, 0.25) is 0 Å². The van der Waals surface area contributed by atoms with Gasteiger partial charge in [0.15, 0.2) is 0 Å². The van der Waals surface area contributed by atoms with Crippen molar-refractivity contribution >= 4 is 35.8 Å². The first kappa shape index (κ1) is 48.9. The van der Waals surface area contributed by atoms with E-state index in [0.717, 1.165) is 0 Å². The number of pyridine rings is 3. The van der Waals surface area contributed by atoms with Crippen LogP contribution < -0.4 is 0 Å². The van der Waals surface area contributed by atoms with Gasteiger partial charge in [0.1, 0.15) is 68.3 Å². The number of aryl methyl sites for hydroxylation is 3. The average molecular weight is 950 g/mol. The molecular formula is C48H48N6O15. The molecule has 6 aromatic rings. The van der Waals surface area contributed by atoms with Gasteiger partial charge in [0, 0.05) is 92.3 Å². The van der Waals surface area contributed by atoms with Crippen molar-refractivity contribution in [2.24, 2.45) is 0 Å². The topological polar surface area (TPSA) is 312 Å². The number of aromatic nitrogens is 3. The summed E-state index contributed by atoms with van der Waals surface area (Å²) in [5.41, 5.74) is 1.89. The molecule has 0 amide bonds. The zero-order chi connectivity index (χ0) is 50.2. The largest absolute Gasteiger partial charge is 0.478 e. The van der Waals surface area contributed by atoms with E-state index in [2.05, 4.69) is 15.0 Å². The Balaban J connectivity index is 1.26. The molecule has 1 saturated heterocycles. The van der Waals surface area contributed by atoms with E-state index in [1.165, 1.54) is 39.0 Å². The second-order valence-electron chi connectivity index (χ2n) is 16.8. The first-order valence-corrected chi connectivity index (χ1v) is 21.5. The van der Waals surface area contributed by atoms with Crippen LogP contribution in [0.25, 0.3) is 34.0 Å². The van der Waals surface area contributed by atoms with Crippen LogP contribution in [-0.4, -0.2) is 135 Å². The van der Waals surface area contributed by atoms with E-state index in [4.69, 9.17) is 13.3 Å². The van der Waals surface area contributed by atoms with Crippen LogP contribution >= 0.6 is 0 Å². The molecule has 69 heavy (non-hydrogen) atoms. The predicted molar refractivity (Wildman–Crippen MR) is 242 cm³/mol. The number of hydrogen-bond donors (Lipinski definition) is 6. The highest BCUT2D eigenvalue weighted by Gasteiger charge is 2.28. The van der Waals surface area contributed by atoms with Crippen LogP contribution in [0.4, 0.5) is 0 Å². The van der Waals surface area contributed by atoms with Crippen molar-refractivity contribution in [1.82, 2.24) is 29.7 Å². The van der Waals surface area contributed by atoms with E-state index in [1.807, 2.05) is 14.7 Å². The first-order valence-electron chi connectivity index (χ1n) is 21.5. The molecule has 0 aliphatic carbocycles. The lowest BCUT2D eigenvalue weighted by molar-refractivity contribution is 0.0679. The molecule has 1 aliphatic rings. The van der Waals surface area contributed by atoms with Crippen LogP contribution in [0.5, 0.6) is 0 Å². The second-order valence-corrected chi connectivity index (χ2v) is 16.8. The Morgan fingerprint density at radius 2 is 0.638 bits per heavy atom. The molecular weight excluding hydrogens is 902 g/mol. The third-order valence-corrected chi connectivity index (χ3v) is 12.0. The van der Waals surface area contributed by atoms with E-state index in [9.17, 15) is 59.4 Å². The van der Waals surface area contributed by atoms with Crippen LogP contribution in [0.3, 0.4) is 0 Å². The number of carboxylic acid groups (broad SMARTS) is 6. The number of carboxylic acids is 6. The highest BCUT2D eigenvalue weighted by atomic mass is 16.4. The third-order valence-electron chi connectivity index (χ3n) is 12.0. The Kier molecular flexibility index (Phi) is 14.0. The summed E-state index contributed by atoms with van der Waals surface area (Å²) < 4.78 is 17.6. The molecule has 1 aliphatic heterocycles. The fourth-order valence-electron chi connectivity index (χ4n) is 8.81. The van der Waals surface area contributed by atoms with Crippen molar-refractivity contribution < 1.29 is 72.7 Å². The van der Waals surface area contributed by atoms with Gasteiger partial charge in [-0.05, 0) is 77.9 Å². The van der Waals surface area contributed by atoms with Gasteiger partial charge < -0.3 is 43.9 Å². The molecule has 0 atom stereocenters. The Labute approximate surface area is 392 Å². The fraction of sp³-hybridized carbons (Fsp3) is 0.312. The van der Waals surface area contributed by atoms with Gasteiger partial charge in [-0.15, -0.1) is 0 Å². The Morgan fingerprint density at radius 1 is 0.406 bits per heavy atom. The first-order chi connectivity index (χ1) is 32.6. The number of rotatable bonds is 15. The van der Waals surface area contributed by atoms with Crippen molar-refractivity contribution in [3.8, 4) is 34.0 Å². The highest BCUT2D eigenvalue weighted by molar-refractivity contribution is 5.95. The van der Waals surface area contributed by atoms with Gasteiger partial charge >= 0.3 is 35.8 Å². The van der Waals surface area contributed by atoms with Gasteiger partial charge in [0.05, 0.1) is 17.1 Å². The molecule has 7 rings (SSSR count). The van der Waals surface area contributed by atoms with Crippen molar-refractivity contribution in [1.29, 1.82) is 0 Å². The zero-order valence-corrected chi connectivity index (χ0v) is 38.4. The fourth-order valence-corrected chi connectivity index (χ4v) is 8.81. The van der Waals surface area contributed by atoms with Gasteiger partial charge in [0.25, 0.3) is 0 Å². The average Bonchev–Trinajstić information content (AvgIpc) is 3.90. The lowest BCUT2D eigenvalue weighted by Crippen LogP contribution is -2.36. The molecule has 0 saturated carbocycles. The van der Waals surface area contributed by atoms with E-state index >= 15 is 0 Å². The van der Waals surface area contributed by atoms with Crippen LogP contribution in [0.1, 0.15) is 114 Å². The van der Waals surface area contributed by atoms with Crippen LogP contribution in [-0.2, 0) is 19.6 Å². The minimum Gasteiger partial charge on any atom is -0.478 e. The molecule has 0 bridgehead atoms. The Hall–Kier alpha value is -8.01. The SMILES string of the molecule is Cc1oc(-c2cc(CN3CCN(Cc4cc(-c5oc(C)c(C(=O)O)c5C)cc(C(=O)O)n4)C[13CH2]N(Cc4cc(-c5oc(C)c(C(=O)O)c5C)cc(C(=O)O)n4)CC3)nc(C(=O)O)c2)c(C)c1C(=O)O. The van der Waals surface area contributed by atoms with Crippen LogP contribution in [0.15, 0.2) is 49.6 Å². The number of nitrogens with zero attached hydrogens (tertiary/aromatic N) is 6. The number of carbonyl (C=O) groups is 6. The normalized spacial score (nSPS) is 14.0.